The topological polar surface area (TPSA) is 12.0 Å². The number of nitrogens with one attached hydrogen (secondary N) is 1. The molecule has 4 heteroatoms. The zero-order valence-corrected chi connectivity index (χ0v) is 12.0. The van der Waals surface area contributed by atoms with Gasteiger partial charge in [0.05, 0.1) is 5.02 Å². The van der Waals surface area contributed by atoms with E-state index in [-0.39, 0.29) is 16.9 Å². The summed E-state index contributed by atoms with van der Waals surface area (Å²) in [6.07, 6.45) is 0. The van der Waals surface area contributed by atoms with Crippen LogP contribution in [0.3, 0.4) is 0 Å². The van der Waals surface area contributed by atoms with Crippen LogP contribution >= 0.6 is 23.2 Å². The van der Waals surface area contributed by atoms with Gasteiger partial charge in [-0.25, -0.2) is 4.39 Å². The standard InChI is InChI=1S/C15H14Cl2FN/c1-10(12-3-5-13(16)6-4-12)19-9-11-2-7-14(17)15(18)8-11/h2-8,10,19H,9H2,1H3. The van der Waals surface area contributed by atoms with Crippen LogP contribution in [0.1, 0.15) is 24.1 Å². The largest absolute Gasteiger partial charge is 0.306 e. The molecule has 2 aromatic rings. The lowest BCUT2D eigenvalue weighted by Crippen LogP contribution is -2.18. The SMILES string of the molecule is CC(NCc1ccc(Cl)c(F)c1)c1ccc(Cl)cc1. The molecule has 0 saturated carbocycles. The molecule has 0 bridgehead atoms. The zero-order valence-electron chi connectivity index (χ0n) is 10.5. The Morgan fingerprint density at radius 2 is 1.79 bits per heavy atom. The first kappa shape index (κ1) is 14.3. The molecule has 0 spiro atoms. The summed E-state index contributed by atoms with van der Waals surface area (Å²) >= 11 is 11.5. The molecule has 2 rings (SSSR count). The Morgan fingerprint density at radius 1 is 1.11 bits per heavy atom. The van der Waals surface area contributed by atoms with Gasteiger partial charge in [0, 0.05) is 17.6 Å². The van der Waals surface area contributed by atoms with Crippen molar-refractivity contribution in [2.75, 3.05) is 0 Å². The molecule has 100 valence electrons. The van der Waals surface area contributed by atoms with E-state index in [1.165, 1.54) is 6.07 Å². The lowest BCUT2D eigenvalue weighted by Gasteiger charge is -2.14. The Kier molecular flexibility index (Phi) is 4.81. The minimum absolute atomic E-state index is 0.148. The summed E-state index contributed by atoms with van der Waals surface area (Å²) in [5, 5.41) is 4.19. The second-order valence-electron chi connectivity index (χ2n) is 4.40. The Hall–Kier alpha value is -1.09. The van der Waals surface area contributed by atoms with Crippen LogP contribution < -0.4 is 5.32 Å². The molecular formula is C15H14Cl2FN. The molecule has 0 amide bonds. The molecule has 0 aliphatic carbocycles. The summed E-state index contributed by atoms with van der Waals surface area (Å²) < 4.78 is 13.3. The van der Waals surface area contributed by atoms with Crippen LogP contribution in [0.25, 0.3) is 0 Å². The van der Waals surface area contributed by atoms with Gasteiger partial charge in [-0.05, 0) is 42.3 Å². The van der Waals surface area contributed by atoms with Gasteiger partial charge in [-0.3, -0.25) is 0 Å². The van der Waals surface area contributed by atoms with Crippen LogP contribution in [0.15, 0.2) is 42.5 Å². The van der Waals surface area contributed by atoms with E-state index in [0.29, 0.717) is 6.54 Å². The van der Waals surface area contributed by atoms with E-state index in [2.05, 4.69) is 12.2 Å². The van der Waals surface area contributed by atoms with Crippen LogP contribution in [0.2, 0.25) is 10.0 Å². The van der Waals surface area contributed by atoms with Crippen molar-refractivity contribution in [1.29, 1.82) is 0 Å². The van der Waals surface area contributed by atoms with Crippen molar-refractivity contribution in [1.82, 2.24) is 5.32 Å². The summed E-state index contributed by atoms with van der Waals surface area (Å²) in [7, 11) is 0. The number of hydrogen-bond donors (Lipinski definition) is 1. The molecule has 0 heterocycles. The van der Waals surface area contributed by atoms with Crippen LogP contribution in [-0.2, 0) is 6.54 Å². The Bertz CT molecular complexity index is 555. The molecule has 0 saturated heterocycles. The van der Waals surface area contributed by atoms with Crippen molar-refractivity contribution in [3.63, 3.8) is 0 Å². The summed E-state index contributed by atoms with van der Waals surface area (Å²) in [4.78, 5) is 0. The number of benzene rings is 2. The molecule has 19 heavy (non-hydrogen) atoms. The van der Waals surface area contributed by atoms with E-state index in [0.717, 1.165) is 16.1 Å². The van der Waals surface area contributed by atoms with Crippen LogP contribution in [0.5, 0.6) is 0 Å². The fourth-order valence-corrected chi connectivity index (χ4v) is 2.03. The molecule has 0 aliphatic heterocycles. The Morgan fingerprint density at radius 3 is 2.42 bits per heavy atom. The van der Waals surface area contributed by atoms with Gasteiger partial charge in [-0.15, -0.1) is 0 Å². The van der Waals surface area contributed by atoms with Gasteiger partial charge in [-0.1, -0.05) is 41.4 Å². The van der Waals surface area contributed by atoms with Crippen molar-refractivity contribution in [3.05, 3.63) is 69.5 Å². The maximum absolute atomic E-state index is 13.3. The quantitative estimate of drug-likeness (QED) is 0.839. The molecule has 1 nitrogen and oxygen atoms in total. The minimum Gasteiger partial charge on any atom is -0.306 e. The molecule has 0 aliphatic rings. The first-order chi connectivity index (χ1) is 9.06. The molecule has 1 atom stereocenters. The van der Waals surface area contributed by atoms with E-state index in [4.69, 9.17) is 23.2 Å². The highest BCUT2D eigenvalue weighted by atomic mass is 35.5. The third kappa shape index (κ3) is 3.93. The van der Waals surface area contributed by atoms with E-state index in [9.17, 15) is 4.39 Å². The average Bonchev–Trinajstić information content (AvgIpc) is 2.40. The molecule has 0 fully saturated rings. The highest BCUT2D eigenvalue weighted by Crippen LogP contribution is 2.18. The van der Waals surface area contributed by atoms with Crippen molar-refractivity contribution < 1.29 is 4.39 Å². The third-order valence-corrected chi connectivity index (χ3v) is 3.52. The summed E-state index contributed by atoms with van der Waals surface area (Å²) in [6, 6.07) is 12.7. The van der Waals surface area contributed by atoms with Crippen LogP contribution in [0.4, 0.5) is 4.39 Å². The second kappa shape index (κ2) is 6.38. The molecule has 1 unspecified atom stereocenters. The maximum atomic E-state index is 13.3. The Balaban J connectivity index is 1.98. The zero-order chi connectivity index (χ0) is 13.8. The van der Waals surface area contributed by atoms with Gasteiger partial charge in [0.15, 0.2) is 0 Å². The fourth-order valence-electron chi connectivity index (χ4n) is 1.79. The first-order valence-corrected chi connectivity index (χ1v) is 6.74. The third-order valence-electron chi connectivity index (χ3n) is 2.97. The molecule has 0 aromatic heterocycles. The van der Waals surface area contributed by atoms with E-state index in [1.54, 1.807) is 6.07 Å². The lowest BCUT2D eigenvalue weighted by atomic mass is 10.1. The van der Waals surface area contributed by atoms with Gasteiger partial charge in [0.2, 0.25) is 0 Å². The smallest absolute Gasteiger partial charge is 0.142 e. The average molecular weight is 298 g/mol. The summed E-state index contributed by atoms with van der Waals surface area (Å²) in [6.45, 7) is 2.63. The molecule has 1 N–H and O–H groups in total. The van der Waals surface area contributed by atoms with Crippen molar-refractivity contribution in [2.45, 2.75) is 19.5 Å². The van der Waals surface area contributed by atoms with Crippen molar-refractivity contribution in [3.8, 4) is 0 Å². The van der Waals surface area contributed by atoms with Gasteiger partial charge in [0.1, 0.15) is 5.82 Å². The molecule has 0 radical (unpaired) electrons. The predicted molar refractivity (Wildman–Crippen MR) is 78.1 cm³/mol. The molecule has 2 aromatic carbocycles. The van der Waals surface area contributed by atoms with Gasteiger partial charge < -0.3 is 5.32 Å². The van der Waals surface area contributed by atoms with E-state index < -0.39 is 0 Å². The van der Waals surface area contributed by atoms with Crippen molar-refractivity contribution in [2.24, 2.45) is 0 Å². The highest BCUT2D eigenvalue weighted by molar-refractivity contribution is 6.30. The normalized spacial score (nSPS) is 12.4. The monoisotopic (exact) mass is 297 g/mol. The van der Waals surface area contributed by atoms with Gasteiger partial charge in [-0.2, -0.15) is 0 Å². The number of rotatable bonds is 4. The predicted octanol–water partition coefficient (Wildman–Crippen LogP) is 4.98. The van der Waals surface area contributed by atoms with E-state index in [1.807, 2.05) is 30.3 Å². The Labute approximate surface area is 122 Å². The number of hydrogen-bond acceptors (Lipinski definition) is 1. The van der Waals surface area contributed by atoms with E-state index >= 15 is 0 Å². The van der Waals surface area contributed by atoms with Crippen LogP contribution in [-0.4, -0.2) is 0 Å². The first-order valence-electron chi connectivity index (χ1n) is 5.99. The summed E-state index contributed by atoms with van der Waals surface area (Å²) in [5.74, 6) is -0.389. The summed E-state index contributed by atoms with van der Waals surface area (Å²) in [5.41, 5.74) is 2.00. The van der Waals surface area contributed by atoms with Gasteiger partial charge in [0.25, 0.3) is 0 Å². The lowest BCUT2D eigenvalue weighted by molar-refractivity contribution is 0.569. The van der Waals surface area contributed by atoms with Crippen LogP contribution in [0, 0.1) is 5.82 Å². The molecular weight excluding hydrogens is 284 g/mol. The second-order valence-corrected chi connectivity index (χ2v) is 5.25. The van der Waals surface area contributed by atoms with Gasteiger partial charge >= 0.3 is 0 Å². The van der Waals surface area contributed by atoms with Crippen molar-refractivity contribution >= 4 is 23.2 Å². The fraction of sp³-hybridized carbons (Fsp3) is 0.200. The minimum atomic E-state index is -0.389. The maximum Gasteiger partial charge on any atom is 0.142 e. The highest BCUT2D eigenvalue weighted by Gasteiger charge is 2.06. The number of halogens is 3.